The van der Waals surface area contributed by atoms with E-state index in [9.17, 15) is 9.18 Å². The second kappa shape index (κ2) is 6.75. The lowest BCUT2D eigenvalue weighted by Gasteiger charge is -2.20. The first-order valence-electron chi connectivity index (χ1n) is 9.28. The molecule has 0 unspecified atom stereocenters. The van der Waals surface area contributed by atoms with Gasteiger partial charge in [0.15, 0.2) is 0 Å². The van der Waals surface area contributed by atoms with Gasteiger partial charge in [0.05, 0.1) is 17.6 Å². The number of nitrogens with zero attached hydrogens (tertiary/aromatic N) is 3. The van der Waals surface area contributed by atoms with Gasteiger partial charge in [-0.25, -0.2) is 14.4 Å². The molecular weight excluding hydrogens is 367 g/mol. The van der Waals surface area contributed by atoms with Crippen molar-refractivity contribution >= 4 is 29.0 Å². The first kappa shape index (κ1) is 18.2. The molecule has 2 aliphatic rings. The first-order chi connectivity index (χ1) is 12.9. The van der Waals surface area contributed by atoms with Gasteiger partial charge in [-0.2, -0.15) is 0 Å². The van der Waals surface area contributed by atoms with E-state index in [-0.39, 0.29) is 23.6 Å². The molecule has 1 aliphatic carbocycles. The number of fused-ring (bicyclic) bond motifs is 2. The molecular formula is C20H22ClFN4O. The third-order valence-electron chi connectivity index (χ3n) is 5.35. The molecule has 1 amide bonds. The van der Waals surface area contributed by atoms with Crippen molar-refractivity contribution in [2.75, 3.05) is 16.8 Å². The van der Waals surface area contributed by atoms with Crippen molar-refractivity contribution in [1.29, 1.82) is 0 Å². The van der Waals surface area contributed by atoms with E-state index >= 15 is 0 Å². The van der Waals surface area contributed by atoms with Crippen LogP contribution in [0.5, 0.6) is 0 Å². The summed E-state index contributed by atoms with van der Waals surface area (Å²) >= 11 is 5.97. The zero-order valence-corrected chi connectivity index (χ0v) is 16.2. The highest BCUT2D eigenvalue weighted by Gasteiger charge is 2.59. The number of rotatable bonds is 6. The molecule has 142 valence electrons. The molecule has 1 spiro atoms. The minimum atomic E-state index is -0.457. The molecule has 1 aromatic carbocycles. The Balaban J connectivity index is 1.63. The summed E-state index contributed by atoms with van der Waals surface area (Å²) in [6, 6.07) is 4.62. The molecule has 7 heteroatoms. The molecule has 2 heterocycles. The monoisotopic (exact) mass is 388 g/mol. The maximum Gasteiger partial charge on any atom is 0.238 e. The predicted molar refractivity (Wildman–Crippen MR) is 103 cm³/mol. The molecule has 1 aliphatic heterocycles. The average molecular weight is 389 g/mol. The molecule has 5 nitrogen and oxygen atoms in total. The molecule has 1 saturated carbocycles. The summed E-state index contributed by atoms with van der Waals surface area (Å²) < 4.78 is 13.9. The van der Waals surface area contributed by atoms with Crippen LogP contribution in [0.25, 0.3) is 0 Å². The van der Waals surface area contributed by atoms with Crippen molar-refractivity contribution in [2.45, 2.75) is 45.1 Å². The molecule has 1 fully saturated rings. The lowest BCUT2D eigenvalue weighted by molar-refractivity contribution is -0.120. The van der Waals surface area contributed by atoms with Crippen molar-refractivity contribution in [2.24, 2.45) is 5.92 Å². The smallest absolute Gasteiger partial charge is 0.238 e. The maximum absolute atomic E-state index is 13.9. The summed E-state index contributed by atoms with van der Waals surface area (Å²) in [7, 11) is 0. The van der Waals surface area contributed by atoms with E-state index < -0.39 is 5.41 Å². The quantitative estimate of drug-likeness (QED) is 0.749. The maximum atomic E-state index is 13.9. The minimum absolute atomic E-state index is 0.0335. The van der Waals surface area contributed by atoms with E-state index in [2.05, 4.69) is 29.1 Å². The van der Waals surface area contributed by atoms with Crippen LogP contribution in [0.15, 0.2) is 24.4 Å². The number of halogens is 2. The van der Waals surface area contributed by atoms with Crippen LogP contribution in [0.2, 0.25) is 5.28 Å². The van der Waals surface area contributed by atoms with E-state index in [4.69, 9.17) is 11.6 Å². The highest BCUT2D eigenvalue weighted by molar-refractivity contribution is 6.28. The molecule has 2 aromatic rings. The van der Waals surface area contributed by atoms with Crippen LogP contribution in [-0.4, -0.2) is 22.4 Å². The molecule has 0 saturated heterocycles. The van der Waals surface area contributed by atoms with Crippen LogP contribution in [0, 0.1) is 11.7 Å². The highest BCUT2D eigenvalue weighted by atomic mass is 35.5. The summed E-state index contributed by atoms with van der Waals surface area (Å²) in [4.78, 5) is 23.1. The van der Waals surface area contributed by atoms with Crippen molar-refractivity contribution in [3.05, 3.63) is 46.6 Å². The molecule has 1 aromatic heterocycles. The lowest BCUT2D eigenvalue weighted by atomic mass is 9.98. The van der Waals surface area contributed by atoms with Crippen LogP contribution >= 0.6 is 11.6 Å². The van der Waals surface area contributed by atoms with Crippen LogP contribution in [0.4, 0.5) is 15.9 Å². The van der Waals surface area contributed by atoms with Gasteiger partial charge in [-0.15, -0.1) is 0 Å². The summed E-state index contributed by atoms with van der Waals surface area (Å²) in [5.74, 6) is 0.874. The van der Waals surface area contributed by atoms with Gasteiger partial charge in [0, 0.05) is 18.3 Å². The SMILES string of the molecule is CC(C)CCNc1nc(Cl)ncc1CN1C(=O)C2(CC2)c2ccc(F)cc21. The summed E-state index contributed by atoms with van der Waals surface area (Å²) in [5, 5.41) is 3.45. The van der Waals surface area contributed by atoms with Crippen molar-refractivity contribution in [3.8, 4) is 0 Å². The van der Waals surface area contributed by atoms with E-state index in [1.807, 2.05) is 0 Å². The van der Waals surface area contributed by atoms with Gasteiger partial charge in [-0.3, -0.25) is 4.79 Å². The lowest BCUT2D eigenvalue weighted by Crippen LogP contribution is -2.32. The normalized spacial score (nSPS) is 16.9. The van der Waals surface area contributed by atoms with Crippen LogP contribution in [-0.2, 0) is 16.8 Å². The summed E-state index contributed by atoms with van der Waals surface area (Å²) in [6.45, 7) is 5.34. The Morgan fingerprint density at radius 1 is 1.37 bits per heavy atom. The summed E-state index contributed by atoms with van der Waals surface area (Å²) in [6.07, 6.45) is 4.26. The zero-order valence-electron chi connectivity index (χ0n) is 15.4. The van der Waals surface area contributed by atoms with Gasteiger partial charge in [0.25, 0.3) is 0 Å². The van der Waals surface area contributed by atoms with Crippen LogP contribution < -0.4 is 10.2 Å². The number of benzene rings is 1. The Hall–Kier alpha value is -2.21. The Kier molecular flexibility index (Phi) is 4.54. The van der Waals surface area contributed by atoms with Gasteiger partial charge >= 0.3 is 0 Å². The minimum Gasteiger partial charge on any atom is -0.370 e. The van der Waals surface area contributed by atoms with Crippen LogP contribution in [0.1, 0.15) is 44.2 Å². The predicted octanol–water partition coefficient (Wildman–Crippen LogP) is 4.31. The number of hydrogen-bond donors (Lipinski definition) is 1. The number of anilines is 2. The fourth-order valence-electron chi connectivity index (χ4n) is 3.68. The second-order valence-corrected chi connectivity index (χ2v) is 8.10. The van der Waals surface area contributed by atoms with E-state index in [0.717, 1.165) is 36.9 Å². The van der Waals surface area contributed by atoms with E-state index in [1.54, 1.807) is 17.2 Å². The molecule has 0 radical (unpaired) electrons. The van der Waals surface area contributed by atoms with Gasteiger partial charge in [-0.1, -0.05) is 19.9 Å². The number of carbonyl (C=O) groups excluding carboxylic acids is 1. The number of nitrogens with one attached hydrogen (secondary N) is 1. The Morgan fingerprint density at radius 2 is 2.15 bits per heavy atom. The number of carbonyl (C=O) groups is 1. The summed E-state index contributed by atoms with van der Waals surface area (Å²) in [5.41, 5.74) is 1.89. The number of hydrogen-bond acceptors (Lipinski definition) is 4. The topological polar surface area (TPSA) is 58.1 Å². The van der Waals surface area contributed by atoms with Gasteiger partial charge in [-0.05, 0) is 54.5 Å². The van der Waals surface area contributed by atoms with Crippen LogP contribution in [0.3, 0.4) is 0 Å². The Labute approximate surface area is 163 Å². The molecule has 1 N–H and O–H groups in total. The fourth-order valence-corrected chi connectivity index (χ4v) is 3.82. The molecule has 0 atom stereocenters. The number of amides is 1. The van der Waals surface area contributed by atoms with Crippen molar-refractivity contribution < 1.29 is 9.18 Å². The van der Waals surface area contributed by atoms with Gasteiger partial charge in [0.1, 0.15) is 11.6 Å². The fraction of sp³-hybridized carbons (Fsp3) is 0.450. The van der Waals surface area contributed by atoms with Gasteiger partial charge in [0.2, 0.25) is 11.2 Å². The van der Waals surface area contributed by atoms with E-state index in [0.29, 0.717) is 17.4 Å². The Morgan fingerprint density at radius 3 is 2.85 bits per heavy atom. The largest absolute Gasteiger partial charge is 0.370 e. The Bertz CT molecular complexity index is 898. The van der Waals surface area contributed by atoms with Crippen molar-refractivity contribution in [1.82, 2.24) is 9.97 Å². The zero-order chi connectivity index (χ0) is 19.2. The molecule has 27 heavy (non-hydrogen) atoms. The third kappa shape index (κ3) is 3.27. The van der Waals surface area contributed by atoms with E-state index in [1.165, 1.54) is 12.1 Å². The van der Waals surface area contributed by atoms with Gasteiger partial charge < -0.3 is 10.2 Å². The number of aromatic nitrogens is 2. The standard InChI is InChI=1S/C20H22ClFN4O/c1-12(2)5-8-23-17-13(10-24-19(21)25-17)11-26-16-9-14(22)3-4-15(16)20(6-7-20)18(26)27/h3-4,9-10,12H,5-8,11H2,1-2H3,(H,23,24,25). The molecule has 4 rings (SSSR count). The average Bonchev–Trinajstić information content (AvgIpc) is 3.38. The van der Waals surface area contributed by atoms with Crippen molar-refractivity contribution in [3.63, 3.8) is 0 Å². The molecule has 0 bridgehead atoms. The highest BCUT2D eigenvalue weighted by Crippen LogP contribution is 2.57. The second-order valence-electron chi connectivity index (χ2n) is 7.76. The first-order valence-corrected chi connectivity index (χ1v) is 9.66. The third-order valence-corrected chi connectivity index (χ3v) is 5.53.